The molecule has 0 aliphatic carbocycles. The molecule has 1 aliphatic rings. The molecule has 0 spiro atoms. The van der Waals surface area contributed by atoms with Gasteiger partial charge in [-0.25, -0.2) is 8.78 Å². The molecular formula is C21H15F5N4O. The summed E-state index contributed by atoms with van der Waals surface area (Å²) in [6.07, 6.45) is -3.90. The molecule has 0 saturated carbocycles. The molecule has 160 valence electrons. The topological polar surface area (TPSA) is 59.0 Å². The first-order valence-corrected chi connectivity index (χ1v) is 9.23. The van der Waals surface area contributed by atoms with E-state index in [0.29, 0.717) is 48.0 Å². The van der Waals surface area contributed by atoms with Crippen molar-refractivity contribution in [2.45, 2.75) is 18.8 Å². The quantitative estimate of drug-likeness (QED) is 0.574. The summed E-state index contributed by atoms with van der Waals surface area (Å²) in [5.41, 5.74) is -0.292. The Morgan fingerprint density at radius 2 is 1.90 bits per heavy atom. The summed E-state index contributed by atoms with van der Waals surface area (Å²) in [4.78, 5) is 18.2. The van der Waals surface area contributed by atoms with Gasteiger partial charge in [0.15, 0.2) is 6.17 Å². The predicted octanol–water partition coefficient (Wildman–Crippen LogP) is 4.38. The number of carbonyl (C=O) groups excluding carboxylic acids is 1. The van der Waals surface area contributed by atoms with E-state index >= 15 is 4.39 Å². The highest BCUT2D eigenvalue weighted by molar-refractivity contribution is 5.98. The van der Waals surface area contributed by atoms with E-state index < -0.39 is 29.3 Å². The molecule has 31 heavy (non-hydrogen) atoms. The first-order valence-electron chi connectivity index (χ1n) is 9.23. The maximum atomic E-state index is 15.1. The Morgan fingerprint density at radius 3 is 2.65 bits per heavy atom. The van der Waals surface area contributed by atoms with Crippen LogP contribution in [0.5, 0.6) is 0 Å². The normalized spacial score (nSPS) is 15.0. The van der Waals surface area contributed by atoms with Crippen molar-refractivity contribution in [2.24, 2.45) is 0 Å². The number of benzene rings is 1. The number of halogens is 5. The maximum absolute atomic E-state index is 15.1. The van der Waals surface area contributed by atoms with Crippen LogP contribution in [0.3, 0.4) is 0 Å². The molecule has 0 N–H and O–H groups in total. The number of rotatable bonds is 3. The van der Waals surface area contributed by atoms with Crippen molar-refractivity contribution in [2.75, 3.05) is 13.6 Å². The predicted molar refractivity (Wildman–Crippen MR) is 100 cm³/mol. The Kier molecular flexibility index (Phi) is 5.16. The zero-order valence-electron chi connectivity index (χ0n) is 16.1. The first-order chi connectivity index (χ1) is 14.6. The van der Waals surface area contributed by atoms with Gasteiger partial charge in [-0.05, 0) is 47.9 Å². The van der Waals surface area contributed by atoms with Gasteiger partial charge in [0.1, 0.15) is 11.5 Å². The van der Waals surface area contributed by atoms with Gasteiger partial charge in [0.25, 0.3) is 5.91 Å². The van der Waals surface area contributed by atoms with Crippen LogP contribution in [0.25, 0.3) is 11.4 Å². The molecule has 1 aromatic carbocycles. The van der Waals surface area contributed by atoms with E-state index in [4.69, 9.17) is 0 Å². The van der Waals surface area contributed by atoms with Gasteiger partial charge in [0.05, 0.1) is 17.5 Å². The summed E-state index contributed by atoms with van der Waals surface area (Å²) in [6.45, 7) is 0.465. The minimum atomic E-state index is -4.81. The molecule has 0 unspecified atom stereocenters. The number of fused-ring (bicyclic) bond motifs is 1. The number of carbonyl (C=O) groups is 1. The molecule has 0 bridgehead atoms. The lowest BCUT2D eigenvalue weighted by molar-refractivity contribution is -0.137. The third-order valence-corrected chi connectivity index (χ3v) is 5.08. The summed E-state index contributed by atoms with van der Waals surface area (Å²) in [5.74, 6) is -1.38. The van der Waals surface area contributed by atoms with Crippen LogP contribution < -0.4 is 0 Å². The standard InChI is InChI=1S/C21H15F5N4O/c1-30-5-3-15-16(20(30)31)2-4-27-19(15)17-8-12(10-28-29-17)18(23)11-6-13(21(24,25)26)9-14(22)7-11/h2,4,6-10,18H,3,5H2,1H3/t18-/m0/s1. The zero-order valence-corrected chi connectivity index (χ0v) is 16.1. The Balaban J connectivity index is 1.74. The van der Waals surface area contributed by atoms with Crippen LogP contribution in [0.15, 0.2) is 42.7 Å². The number of hydrogen-bond donors (Lipinski definition) is 0. The van der Waals surface area contributed by atoms with E-state index in [0.717, 1.165) is 6.20 Å². The third-order valence-electron chi connectivity index (χ3n) is 5.08. The molecule has 0 fully saturated rings. The number of likely N-dealkylation sites (N-methyl/N-ethyl adjacent to an activating group) is 1. The van der Waals surface area contributed by atoms with Gasteiger partial charge in [0.2, 0.25) is 0 Å². The van der Waals surface area contributed by atoms with E-state index in [9.17, 15) is 22.4 Å². The summed E-state index contributed by atoms with van der Waals surface area (Å²) < 4.78 is 67.7. The number of hydrogen-bond acceptors (Lipinski definition) is 4. The van der Waals surface area contributed by atoms with E-state index in [1.807, 2.05) is 0 Å². The van der Waals surface area contributed by atoms with Crippen LogP contribution in [0.4, 0.5) is 22.0 Å². The Bertz CT molecular complexity index is 1160. The number of amides is 1. The molecule has 3 heterocycles. The fourth-order valence-electron chi connectivity index (χ4n) is 3.50. The molecule has 1 atom stereocenters. The largest absolute Gasteiger partial charge is 0.416 e. The van der Waals surface area contributed by atoms with Crippen molar-refractivity contribution in [3.05, 3.63) is 76.4 Å². The fraction of sp³-hybridized carbons (Fsp3) is 0.238. The SMILES string of the molecule is CN1CCc2c(ccnc2-c2cc([C@@H](F)c3cc(F)cc(C(F)(F)F)c3)cnn2)C1=O. The molecule has 5 nitrogen and oxygen atoms in total. The van der Waals surface area contributed by atoms with Crippen molar-refractivity contribution in [1.29, 1.82) is 0 Å². The molecular weight excluding hydrogens is 419 g/mol. The van der Waals surface area contributed by atoms with Crippen molar-refractivity contribution in [3.63, 3.8) is 0 Å². The lowest BCUT2D eigenvalue weighted by Crippen LogP contribution is -2.34. The molecule has 0 radical (unpaired) electrons. The van der Waals surface area contributed by atoms with E-state index in [1.54, 1.807) is 18.0 Å². The van der Waals surface area contributed by atoms with Gasteiger partial charge >= 0.3 is 6.18 Å². The van der Waals surface area contributed by atoms with Crippen LogP contribution in [0.1, 0.15) is 38.8 Å². The van der Waals surface area contributed by atoms with Gasteiger partial charge < -0.3 is 4.90 Å². The Hall–Kier alpha value is -3.43. The Morgan fingerprint density at radius 1 is 1.13 bits per heavy atom. The average Bonchev–Trinajstić information content (AvgIpc) is 2.74. The van der Waals surface area contributed by atoms with E-state index in [2.05, 4.69) is 15.2 Å². The second-order valence-corrected chi connectivity index (χ2v) is 7.17. The summed E-state index contributed by atoms with van der Waals surface area (Å²) in [5, 5.41) is 7.70. The van der Waals surface area contributed by atoms with Gasteiger partial charge in [0, 0.05) is 30.9 Å². The molecule has 10 heteroatoms. The highest BCUT2D eigenvalue weighted by atomic mass is 19.4. The monoisotopic (exact) mass is 434 g/mol. The summed E-state index contributed by atoms with van der Waals surface area (Å²) in [7, 11) is 1.67. The minimum absolute atomic E-state index is 0.109. The molecule has 4 rings (SSSR count). The van der Waals surface area contributed by atoms with Crippen molar-refractivity contribution < 1.29 is 26.7 Å². The molecule has 0 saturated heterocycles. The highest BCUT2D eigenvalue weighted by Gasteiger charge is 2.32. The number of aromatic nitrogens is 3. The van der Waals surface area contributed by atoms with Crippen LogP contribution in [0.2, 0.25) is 0 Å². The number of nitrogens with zero attached hydrogens (tertiary/aromatic N) is 4. The second-order valence-electron chi connectivity index (χ2n) is 7.17. The van der Waals surface area contributed by atoms with Crippen LogP contribution in [-0.4, -0.2) is 39.6 Å². The third kappa shape index (κ3) is 3.97. The van der Waals surface area contributed by atoms with Crippen molar-refractivity contribution >= 4 is 5.91 Å². The number of alkyl halides is 4. The van der Waals surface area contributed by atoms with Gasteiger partial charge in [-0.2, -0.15) is 18.3 Å². The molecule has 2 aromatic heterocycles. The first kappa shape index (κ1) is 20.8. The maximum Gasteiger partial charge on any atom is 0.416 e. The average molecular weight is 434 g/mol. The van der Waals surface area contributed by atoms with Crippen LogP contribution in [0, 0.1) is 5.82 Å². The highest BCUT2D eigenvalue weighted by Crippen LogP contribution is 2.35. The minimum Gasteiger partial charge on any atom is -0.341 e. The number of pyridine rings is 1. The Labute approximate surface area is 173 Å². The molecule has 3 aromatic rings. The summed E-state index contributed by atoms with van der Waals surface area (Å²) in [6, 6.07) is 4.45. The lowest BCUT2D eigenvalue weighted by atomic mass is 9.95. The summed E-state index contributed by atoms with van der Waals surface area (Å²) >= 11 is 0. The van der Waals surface area contributed by atoms with Crippen molar-refractivity contribution in [1.82, 2.24) is 20.1 Å². The van der Waals surface area contributed by atoms with E-state index in [1.165, 1.54) is 12.3 Å². The second kappa shape index (κ2) is 7.68. The van der Waals surface area contributed by atoms with Crippen LogP contribution >= 0.6 is 0 Å². The van der Waals surface area contributed by atoms with Crippen molar-refractivity contribution in [3.8, 4) is 11.4 Å². The smallest absolute Gasteiger partial charge is 0.341 e. The molecule has 1 aliphatic heterocycles. The molecule has 1 amide bonds. The van der Waals surface area contributed by atoms with Gasteiger partial charge in [-0.3, -0.25) is 9.78 Å². The fourth-order valence-corrected chi connectivity index (χ4v) is 3.50. The van der Waals surface area contributed by atoms with Gasteiger partial charge in [-0.1, -0.05) is 0 Å². The van der Waals surface area contributed by atoms with E-state index in [-0.39, 0.29) is 17.2 Å². The van der Waals surface area contributed by atoms with Crippen LogP contribution in [-0.2, 0) is 12.6 Å². The lowest BCUT2D eigenvalue weighted by Gasteiger charge is -2.25. The van der Waals surface area contributed by atoms with Gasteiger partial charge in [-0.15, -0.1) is 5.10 Å². The zero-order chi connectivity index (χ0) is 22.3.